The van der Waals surface area contributed by atoms with E-state index in [9.17, 15) is 17.6 Å². The van der Waals surface area contributed by atoms with E-state index in [0.29, 0.717) is 0 Å². The molecule has 0 fully saturated rings. The molecule has 0 aromatic heterocycles. The Balaban J connectivity index is 1.92. The highest BCUT2D eigenvalue weighted by molar-refractivity contribution is 6.20. The molecule has 0 radical (unpaired) electrons. The van der Waals surface area contributed by atoms with E-state index in [0.717, 1.165) is 24.3 Å². The third-order valence-electron chi connectivity index (χ3n) is 2.23. The lowest BCUT2D eigenvalue weighted by Gasteiger charge is -2.07. The van der Waals surface area contributed by atoms with Crippen LogP contribution in [0.2, 0.25) is 0 Å². The third kappa shape index (κ3) is 3.40. The fraction of sp³-hybridized carbons (Fsp3) is 0. The summed E-state index contributed by atoms with van der Waals surface area (Å²) in [5, 5.41) is 0. The molecule has 2 aromatic carbocycles. The fourth-order valence-corrected chi connectivity index (χ4v) is 1.30. The molecule has 0 N–H and O–H groups in total. The first-order valence-electron chi connectivity index (χ1n) is 5.22. The second-order valence-corrected chi connectivity index (χ2v) is 3.56. The van der Waals surface area contributed by atoms with Gasteiger partial charge in [0, 0.05) is 12.1 Å². The van der Waals surface area contributed by atoms with Crippen LogP contribution in [0.4, 0.5) is 17.6 Å². The number of halogens is 4. The van der Waals surface area contributed by atoms with E-state index in [1.54, 1.807) is 0 Å². The maximum absolute atomic E-state index is 12.8. The van der Waals surface area contributed by atoms with Crippen molar-refractivity contribution in [3.8, 4) is 11.5 Å². The Labute approximate surface area is 106 Å². The van der Waals surface area contributed by atoms with Gasteiger partial charge in [0.15, 0.2) is 23.3 Å². The van der Waals surface area contributed by atoms with Gasteiger partial charge in [-0.2, -0.15) is 0 Å². The van der Waals surface area contributed by atoms with Gasteiger partial charge in [0.2, 0.25) is 0 Å². The molecule has 19 heavy (non-hydrogen) atoms. The predicted octanol–water partition coefficient (Wildman–Crippen LogP) is 2.97. The molecule has 0 saturated heterocycles. The lowest BCUT2D eigenvalue weighted by atomic mass is 10.2. The van der Waals surface area contributed by atoms with Crippen molar-refractivity contribution in [1.29, 1.82) is 0 Å². The third-order valence-corrected chi connectivity index (χ3v) is 2.23. The zero-order chi connectivity index (χ0) is 13.8. The van der Waals surface area contributed by atoms with Crippen LogP contribution in [0.1, 0.15) is 0 Å². The quantitative estimate of drug-likeness (QED) is 0.628. The van der Waals surface area contributed by atoms with Crippen LogP contribution in [0.3, 0.4) is 0 Å². The SMILES string of the molecule is Fc1ccc(OBOc2ccc(F)c(F)c2)cc1F. The molecule has 2 aromatic rings. The van der Waals surface area contributed by atoms with Gasteiger partial charge < -0.3 is 9.31 Å². The van der Waals surface area contributed by atoms with Crippen LogP contribution in [0.25, 0.3) is 0 Å². The van der Waals surface area contributed by atoms with Crippen LogP contribution < -0.4 is 9.31 Å². The average Bonchev–Trinajstić information content (AvgIpc) is 2.38. The largest absolute Gasteiger partial charge is 0.576 e. The molecule has 2 rings (SSSR count). The van der Waals surface area contributed by atoms with Gasteiger partial charge >= 0.3 is 7.69 Å². The molecular formula is C12H7BF4O2. The number of hydrogen-bond donors (Lipinski definition) is 0. The van der Waals surface area contributed by atoms with Crippen molar-refractivity contribution in [2.45, 2.75) is 0 Å². The van der Waals surface area contributed by atoms with Crippen molar-refractivity contribution in [1.82, 2.24) is 0 Å². The summed E-state index contributed by atoms with van der Waals surface area (Å²) in [7, 11) is -0.351. The van der Waals surface area contributed by atoms with Crippen molar-refractivity contribution in [3.05, 3.63) is 59.7 Å². The summed E-state index contributed by atoms with van der Waals surface area (Å²) in [6, 6.07) is 5.94. The first-order chi connectivity index (χ1) is 9.06. The van der Waals surface area contributed by atoms with Crippen LogP contribution in [0, 0.1) is 23.3 Å². The summed E-state index contributed by atoms with van der Waals surface area (Å²) in [5.41, 5.74) is 0. The van der Waals surface area contributed by atoms with E-state index < -0.39 is 23.3 Å². The molecule has 0 atom stereocenters. The van der Waals surface area contributed by atoms with Gasteiger partial charge in [-0.1, -0.05) is 0 Å². The summed E-state index contributed by atoms with van der Waals surface area (Å²) in [6.07, 6.45) is 0. The zero-order valence-electron chi connectivity index (χ0n) is 9.50. The minimum absolute atomic E-state index is 0.0569. The van der Waals surface area contributed by atoms with Crippen LogP contribution in [0.5, 0.6) is 11.5 Å². The topological polar surface area (TPSA) is 18.5 Å². The lowest BCUT2D eigenvalue weighted by Crippen LogP contribution is -2.11. The molecule has 7 heteroatoms. The Hall–Kier alpha value is -2.18. The summed E-state index contributed by atoms with van der Waals surface area (Å²) < 4.78 is 60.9. The van der Waals surface area contributed by atoms with Crippen molar-refractivity contribution in [2.24, 2.45) is 0 Å². The summed E-state index contributed by atoms with van der Waals surface area (Å²) in [5.74, 6) is -3.97. The van der Waals surface area contributed by atoms with Gasteiger partial charge in [0.25, 0.3) is 0 Å². The highest BCUT2D eigenvalue weighted by Gasteiger charge is 2.06. The van der Waals surface area contributed by atoms with E-state index in [1.807, 2.05) is 0 Å². The summed E-state index contributed by atoms with van der Waals surface area (Å²) >= 11 is 0. The van der Waals surface area contributed by atoms with Gasteiger partial charge in [0.1, 0.15) is 11.5 Å². The van der Waals surface area contributed by atoms with Crippen LogP contribution >= 0.6 is 0 Å². The van der Waals surface area contributed by atoms with Gasteiger partial charge in [-0.25, -0.2) is 17.6 Å². The molecule has 0 unspecified atom stereocenters. The van der Waals surface area contributed by atoms with E-state index in [-0.39, 0.29) is 19.2 Å². The minimum atomic E-state index is -1.05. The van der Waals surface area contributed by atoms with Gasteiger partial charge in [-0.3, -0.25) is 0 Å². The second kappa shape index (κ2) is 5.64. The van der Waals surface area contributed by atoms with Crippen LogP contribution in [-0.4, -0.2) is 7.69 Å². The zero-order valence-corrected chi connectivity index (χ0v) is 9.50. The Morgan fingerprint density at radius 2 is 1.05 bits per heavy atom. The maximum atomic E-state index is 12.8. The molecule has 0 aliphatic carbocycles. The highest BCUT2D eigenvalue weighted by atomic mass is 19.2. The molecule has 0 aliphatic rings. The van der Waals surface area contributed by atoms with Crippen LogP contribution in [-0.2, 0) is 0 Å². The Bertz CT molecular complexity index is 540. The average molecular weight is 270 g/mol. The van der Waals surface area contributed by atoms with E-state index in [1.165, 1.54) is 12.1 Å². The number of rotatable bonds is 4. The minimum Gasteiger partial charge on any atom is -0.528 e. The maximum Gasteiger partial charge on any atom is 0.576 e. The highest BCUT2D eigenvalue weighted by Crippen LogP contribution is 2.17. The number of hydrogen-bond acceptors (Lipinski definition) is 2. The molecule has 0 heterocycles. The molecule has 0 amide bonds. The Morgan fingerprint density at radius 3 is 1.42 bits per heavy atom. The summed E-state index contributed by atoms with van der Waals surface area (Å²) in [4.78, 5) is 0. The fourth-order valence-electron chi connectivity index (χ4n) is 1.30. The van der Waals surface area contributed by atoms with Crippen LogP contribution in [0.15, 0.2) is 36.4 Å². The standard InChI is InChI=1S/C12H7BF4O2/c14-9-3-1-7(5-11(9)16)18-13-19-8-2-4-10(15)12(17)6-8/h1-6,13H. The molecule has 0 aliphatic heterocycles. The van der Waals surface area contributed by atoms with Crippen molar-refractivity contribution >= 4 is 7.69 Å². The molecule has 0 bridgehead atoms. The van der Waals surface area contributed by atoms with Gasteiger partial charge in [0.05, 0.1) is 0 Å². The van der Waals surface area contributed by atoms with Crippen molar-refractivity contribution in [3.63, 3.8) is 0 Å². The smallest absolute Gasteiger partial charge is 0.528 e. The first kappa shape index (κ1) is 13.3. The van der Waals surface area contributed by atoms with Crippen molar-refractivity contribution in [2.75, 3.05) is 0 Å². The molecule has 0 spiro atoms. The monoisotopic (exact) mass is 270 g/mol. The number of benzene rings is 2. The Morgan fingerprint density at radius 1 is 0.632 bits per heavy atom. The Kier molecular flexibility index (Phi) is 3.94. The van der Waals surface area contributed by atoms with Crippen molar-refractivity contribution < 1.29 is 26.9 Å². The molecule has 98 valence electrons. The second-order valence-electron chi connectivity index (χ2n) is 3.56. The normalized spacial score (nSPS) is 10.1. The molecule has 0 saturated carbocycles. The summed E-state index contributed by atoms with van der Waals surface area (Å²) in [6.45, 7) is 0. The molecule has 2 nitrogen and oxygen atoms in total. The van der Waals surface area contributed by atoms with E-state index in [2.05, 4.69) is 0 Å². The van der Waals surface area contributed by atoms with Gasteiger partial charge in [-0.15, -0.1) is 0 Å². The van der Waals surface area contributed by atoms with Gasteiger partial charge in [-0.05, 0) is 24.3 Å². The van der Waals surface area contributed by atoms with E-state index >= 15 is 0 Å². The lowest BCUT2D eigenvalue weighted by molar-refractivity contribution is 0.443. The molecular weight excluding hydrogens is 263 g/mol. The van der Waals surface area contributed by atoms with E-state index in [4.69, 9.17) is 9.31 Å². The predicted molar refractivity (Wildman–Crippen MR) is 61.1 cm³/mol. The first-order valence-corrected chi connectivity index (χ1v) is 5.22.